The fourth-order valence-electron chi connectivity index (χ4n) is 1.63. The Morgan fingerprint density at radius 3 is 1.72 bits per heavy atom. The van der Waals surface area contributed by atoms with E-state index in [1.54, 1.807) is 36.4 Å². The molecule has 0 fully saturated rings. The molecule has 0 aliphatic rings. The van der Waals surface area contributed by atoms with Crippen LogP contribution in [0, 0.1) is 11.3 Å². The van der Waals surface area contributed by atoms with E-state index in [4.69, 9.17) is 5.26 Å². The zero-order valence-corrected chi connectivity index (χ0v) is 10.6. The van der Waals surface area contributed by atoms with Gasteiger partial charge in [0, 0.05) is 6.26 Å². The minimum Gasteiger partial charge on any atom is -0.224 e. The van der Waals surface area contributed by atoms with E-state index in [0.29, 0.717) is 10.5 Å². The summed E-state index contributed by atoms with van der Waals surface area (Å²) in [7, 11) is -3.16. The van der Waals surface area contributed by atoms with Gasteiger partial charge >= 0.3 is 0 Å². The lowest BCUT2D eigenvalue weighted by Gasteiger charge is -2.03. The lowest BCUT2D eigenvalue weighted by atomic mass is 10.0. The van der Waals surface area contributed by atoms with Crippen LogP contribution in [0.4, 0.5) is 0 Å². The minimum atomic E-state index is -3.16. The topological polar surface area (TPSA) is 57.9 Å². The SMILES string of the molecule is CS(=O)(=O)c1ccc(-c2ccc(C#N)cc2)cc1. The van der Waals surface area contributed by atoms with Crippen LogP contribution in [0.2, 0.25) is 0 Å². The summed E-state index contributed by atoms with van der Waals surface area (Å²) in [5.41, 5.74) is 2.48. The molecule has 0 aliphatic heterocycles. The Hall–Kier alpha value is -2.12. The number of nitrogens with zero attached hydrogens (tertiary/aromatic N) is 1. The van der Waals surface area contributed by atoms with Gasteiger partial charge in [0.2, 0.25) is 0 Å². The van der Waals surface area contributed by atoms with Gasteiger partial charge in [-0.15, -0.1) is 0 Å². The zero-order valence-electron chi connectivity index (χ0n) is 9.79. The number of hydrogen-bond donors (Lipinski definition) is 0. The molecule has 0 saturated carbocycles. The quantitative estimate of drug-likeness (QED) is 0.831. The molecule has 0 amide bonds. The molecule has 0 saturated heterocycles. The van der Waals surface area contributed by atoms with Gasteiger partial charge in [-0.05, 0) is 35.4 Å². The molecule has 2 aromatic rings. The van der Waals surface area contributed by atoms with E-state index in [9.17, 15) is 8.42 Å². The van der Waals surface area contributed by atoms with Crippen molar-refractivity contribution in [2.75, 3.05) is 6.26 Å². The fourth-order valence-corrected chi connectivity index (χ4v) is 2.26. The summed E-state index contributed by atoms with van der Waals surface area (Å²) in [6, 6.07) is 15.9. The first kappa shape index (κ1) is 12.3. The molecular weight excluding hydrogens is 246 g/mol. The molecule has 0 N–H and O–H groups in total. The molecule has 2 aromatic carbocycles. The maximum Gasteiger partial charge on any atom is 0.175 e. The van der Waals surface area contributed by atoms with Gasteiger partial charge in [-0.2, -0.15) is 5.26 Å². The van der Waals surface area contributed by atoms with Crippen LogP contribution in [0.25, 0.3) is 11.1 Å². The highest BCUT2D eigenvalue weighted by Crippen LogP contribution is 2.21. The molecule has 18 heavy (non-hydrogen) atoms. The van der Waals surface area contributed by atoms with Crippen molar-refractivity contribution in [3.8, 4) is 17.2 Å². The first-order chi connectivity index (χ1) is 8.50. The van der Waals surface area contributed by atoms with E-state index in [0.717, 1.165) is 11.1 Å². The van der Waals surface area contributed by atoms with Crippen LogP contribution in [-0.2, 0) is 9.84 Å². The molecule has 4 heteroatoms. The maximum atomic E-state index is 11.3. The van der Waals surface area contributed by atoms with Crippen molar-refractivity contribution in [2.24, 2.45) is 0 Å². The first-order valence-electron chi connectivity index (χ1n) is 5.31. The largest absolute Gasteiger partial charge is 0.224 e. The number of nitriles is 1. The third-order valence-electron chi connectivity index (χ3n) is 2.63. The Kier molecular flexibility index (Phi) is 3.17. The third-order valence-corrected chi connectivity index (χ3v) is 3.76. The van der Waals surface area contributed by atoms with E-state index in [1.165, 1.54) is 6.26 Å². The Bertz CT molecular complexity index is 693. The van der Waals surface area contributed by atoms with E-state index in [1.807, 2.05) is 12.1 Å². The molecule has 90 valence electrons. The summed E-state index contributed by atoms with van der Waals surface area (Å²) in [4.78, 5) is 0.305. The van der Waals surface area contributed by atoms with Crippen molar-refractivity contribution in [3.05, 3.63) is 54.1 Å². The standard InChI is InChI=1S/C14H11NO2S/c1-18(16,17)14-8-6-13(7-9-14)12-4-2-11(10-15)3-5-12/h2-9H,1H3. The number of benzene rings is 2. The second-order valence-corrected chi connectivity index (χ2v) is 6.00. The van der Waals surface area contributed by atoms with Crippen molar-refractivity contribution in [3.63, 3.8) is 0 Å². The van der Waals surface area contributed by atoms with E-state index < -0.39 is 9.84 Å². The number of sulfone groups is 1. The Labute approximate surface area is 106 Å². The molecule has 0 heterocycles. The summed E-state index contributed by atoms with van der Waals surface area (Å²) >= 11 is 0. The average Bonchev–Trinajstić information content (AvgIpc) is 2.38. The van der Waals surface area contributed by atoms with E-state index in [-0.39, 0.29) is 0 Å². The van der Waals surface area contributed by atoms with Gasteiger partial charge in [-0.1, -0.05) is 24.3 Å². The average molecular weight is 257 g/mol. The summed E-state index contributed by atoms with van der Waals surface area (Å²) in [6.45, 7) is 0. The van der Waals surface area contributed by atoms with Crippen molar-refractivity contribution in [1.82, 2.24) is 0 Å². The van der Waals surface area contributed by atoms with Crippen LogP contribution in [-0.4, -0.2) is 14.7 Å². The lowest BCUT2D eigenvalue weighted by Crippen LogP contribution is -1.96. The van der Waals surface area contributed by atoms with Crippen molar-refractivity contribution in [1.29, 1.82) is 5.26 Å². The van der Waals surface area contributed by atoms with Crippen molar-refractivity contribution in [2.45, 2.75) is 4.90 Å². The summed E-state index contributed by atoms with van der Waals surface area (Å²) in [5.74, 6) is 0. The maximum absolute atomic E-state index is 11.3. The van der Waals surface area contributed by atoms with Crippen LogP contribution < -0.4 is 0 Å². The van der Waals surface area contributed by atoms with Crippen LogP contribution in [0.5, 0.6) is 0 Å². The summed E-state index contributed by atoms with van der Waals surface area (Å²) < 4.78 is 22.7. The second kappa shape index (κ2) is 4.63. The van der Waals surface area contributed by atoms with E-state index in [2.05, 4.69) is 6.07 Å². The Balaban J connectivity index is 2.38. The van der Waals surface area contributed by atoms with Gasteiger partial charge in [0.25, 0.3) is 0 Å². The van der Waals surface area contributed by atoms with Gasteiger partial charge in [0.05, 0.1) is 16.5 Å². The zero-order chi connectivity index (χ0) is 13.2. The van der Waals surface area contributed by atoms with Crippen LogP contribution >= 0.6 is 0 Å². The molecule has 0 spiro atoms. The van der Waals surface area contributed by atoms with Crippen LogP contribution in [0.1, 0.15) is 5.56 Å². The molecule has 0 atom stereocenters. The smallest absolute Gasteiger partial charge is 0.175 e. The van der Waals surface area contributed by atoms with Crippen LogP contribution in [0.15, 0.2) is 53.4 Å². The normalized spacial score (nSPS) is 10.9. The second-order valence-electron chi connectivity index (χ2n) is 3.99. The van der Waals surface area contributed by atoms with Gasteiger partial charge in [0.1, 0.15) is 0 Å². The summed E-state index contributed by atoms with van der Waals surface area (Å²) in [6.07, 6.45) is 1.18. The predicted octanol–water partition coefficient (Wildman–Crippen LogP) is 2.63. The predicted molar refractivity (Wildman–Crippen MR) is 69.7 cm³/mol. The van der Waals surface area contributed by atoms with Gasteiger partial charge in [-0.25, -0.2) is 8.42 Å². The first-order valence-corrected chi connectivity index (χ1v) is 7.20. The Morgan fingerprint density at radius 2 is 1.33 bits per heavy atom. The molecule has 0 aromatic heterocycles. The molecule has 0 unspecified atom stereocenters. The molecular formula is C14H11NO2S. The van der Waals surface area contributed by atoms with Crippen LogP contribution in [0.3, 0.4) is 0 Å². The molecule has 0 aliphatic carbocycles. The summed E-state index contributed by atoms with van der Waals surface area (Å²) in [5, 5.41) is 8.71. The molecule has 2 rings (SSSR count). The lowest BCUT2D eigenvalue weighted by molar-refractivity contribution is 0.602. The highest BCUT2D eigenvalue weighted by Gasteiger charge is 2.06. The van der Waals surface area contributed by atoms with Gasteiger partial charge < -0.3 is 0 Å². The molecule has 0 bridgehead atoms. The highest BCUT2D eigenvalue weighted by molar-refractivity contribution is 7.90. The highest BCUT2D eigenvalue weighted by atomic mass is 32.2. The van der Waals surface area contributed by atoms with Gasteiger partial charge in [-0.3, -0.25) is 0 Å². The molecule has 3 nitrogen and oxygen atoms in total. The van der Waals surface area contributed by atoms with Crippen molar-refractivity contribution >= 4 is 9.84 Å². The monoisotopic (exact) mass is 257 g/mol. The Morgan fingerprint density at radius 1 is 0.889 bits per heavy atom. The molecule has 0 radical (unpaired) electrons. The minimum absolute atomic E-state index is 0.305. The van der Waals surface area contributed by atoms with E-state index >= 15 is 0 Å². The fraction of sp³-hybridized carbons (Fsp3) is 0.0714. The third kappa shape index (κ3) is 2.58. The van der Waals surface area contributed by atoms with Gasteiger partial charge in [0.15, 0.2) is 9.84 Å². The van der Waals surface area contributed by atoms with Crippen molar-refractivity contribution < 1.29 is 8.42 Å². The number of hydrogen-bond acceptors (Lipinski definition) is 3. The number of rotatable bonds is 2.